The molecule has 44 heavy (non-hydrogen) atoms. The molecule has 3 amide bonds. The van der Waals surface area contributed by atoms with Crippen LogP contribution >= 0.6 is 15.9 Å². The normalized spacial score (nSPS) is 17.8. The van der Waals surface area contributed by atoms with E-state index in [1.54, 1.807) is 48.4 Å². The Kier molecular flexibility index (Phi) is 8.20. The van der Waals surface area contributed by atoms with Crippen molar-refractivity contribution in [2.75, 3.05) is 30.0 Å². The molecule has 224 valence electrons. The van der Waals surface area contributed by atoms with Crippen LogP contribution in [0.25, 0.3) is 10.8 Å². The minimum atomic E-state index is -1.02. The van der Waals surface area contributed by atoms with Gasteiger partial charge in [0.05, 0.1) is 37.6 Å². The molecule has 0 spiro atoms. The second-order valence-electron chi connectivity index (χ2n) is 10.9. The molecule has 2 heterocycles. The van der Waals surface area contributed by atoms with E-state index in [-0.39, 0.29) is 42.6 Å². The number of para-hydroxylation sites is 2. The van der Waals surface area contributed by atoms with Gasteiger partial charge in [0, 0.05) is 21.2 Å². The molecule has 4 aromatic rings. The summed E-state index contributed by atoms with van der Waals surface area (Å²) in [5.74, 6) is -0.466. The number of methoxy groups -OCH3 is 1. The fourth-order valence-corrected chi connectivity index (χ4v) is 6.07. The topological polar surface area (TPSA) is 108 Å². The Morgan fingerprint density at radius 1 is 0.977 bits per heavy atom. The number of carbonyl (C=O) groups is 4. The summed E-state index contributed by atoms with van der Waals surface area (Å²) < 4.78 is 6.68. The minimum absolute atomic E-state index is 0.0717. The van der Waals surface area contributed by atoms with Crippen molar-refractivity contribution in [2.24, 2.45) is 0 Å². The second-order valence-corrected chi connectivity index (χ2v) is 11.8. The van der Waals surface area contributed by atoms with Crippen molar-refractivity contribution >= 4 is 61.6 Å². The zero-order valence-electron chi connectivity index (χ0n) is 24.3. The molecule has 1 saturated heterocycles. The van der Waals surface area contributed by atoms with Gasteiger partial charge in [0.25, 0.3) is 11.8 Å². The SMILES string of the molecule is COc1ccc2cc(Br)ccc2c1CN1C(=O)C(NC(=O)C2CCN2)CN(C(=O)c2ccc(C(C)=O)cc2)c2ccccc21. The molecule has 4 aromatic carbocycles. The van der Waals surface area contributed by atoms with Crippen LogP contribution in [0.15, 0.2) is 83.3 Å². The second kappa shape index (κ2) is 12.2. The number of Topliss-reactive ketones (excluding diaryl/α,β-unsaturated/α-hetero) is 1. The number of anilines is 2. The van der Waals surface area contributed by atoms with E-state index in [0.717, 1.165) is 27.4 Å². The number of ether oxygens (including phenoxy) is 1. The van der Waals surface area contributed by atoms with Crippen LogP contribution in [0.1, 0.15) is 39.6 Å². The Morgan fingerprint density at radius 2 is 1.68 bits per heavy atom. The molecule has 0 radical (unpaired) electrons. The van der Waals surface area contributed by atoms with Crippen molar-refractivity contribution in [1.29, 1.82) is 0 Å². The maximum Gasteiger partial charge on any atom is 0.258 e. The molecule has 2 aliphatic heterocycles. The third-order valence-corrected chi connectivity index (χ3v) is 8.71. The van der Waals surface area contributed by atoms with Crippen LogP contribution in [0, 0.1) is 0 Å². The lowest BCUT2D eigenvalue weighted by atomic mass is 10.0. The first kappa shape index (κ1) is 29.5. The molecule has 9 nitrogen and oxygen atoms in total. The third-order valence-electron chi connectivity index (χ3n) is 8.22. The highest BCUT2D eigenvalue weighted by molar-refractivity contribution is 9.10. The van der Waals surface area contributed by atoms with Gasteiger partial charge in [-0.2, -0.15) is 0 Å². The number of amides is 3. The summed E-state index contributed by atoms with van der Waals surface area (Å²) in [4.78, 5) is 56.7. The van der Waals surface area contributed by atoms with Crippen molar-refractivity contribution < 1.29 is 23.9 Å². The Morgan fingerprint density at radius 3 is 2.34 bits per heavy atom. The number of nitrogens with one attached hydrogen (secondary N) is 2. The molecule has 2 N–H and O–H groups in total. The zero-order valence-corrected chi connectivity index (χ0v) is 25.9. The zero-order chi connectivity index (χ0) is 31.0. The summed E-state index contributed by atoms with van der Waals surface area (Å²) in [6, 6.07) is 22.0. The molecule has 1 fully saturated rings. The lowest BCUT2D eigenvalue weighted by molar-refractivity contribution is -0.129. The van der Waals surface area contributed by atoms with Crippen LogP contribution in [0.3, 0.4) is 0 Å². The summed E-state index contributed by atoms with van der Waals surface area (Å²) in [6.45, 7) is 2.27. The molecule has 2 atom stereocenters. The number of rotatable bonds is 7. The Hall–Kier alpha value is -4.54. The summed E-state index contributed by atoms with van der Waals surface area (Å²) in [5, 5.41) is 7.89. The summed E-state index contributed by atoms with van der Waals surface area (Å²) in [7, 11) is 1.59. The van der Waals surface area contributed by atoms with E-state index < -0.39 is 6.04 Å². The lowest BCUT2D eigenvalue weighted by Gasteiger charge is -2.30. The van der Waals surface area contributed by atoms with Crippen LogP contribution in [0.4, 0.5) is 11.4 Å². The number of hydrogen-bond acceptors (Lipinski definition) is 6. The highest BCUT2D eigenvalue weighted by Crippen LogP contribution is 2.38. The molecular weight excluding hydrogens is 624 g/mol. The predicted octanol–water partition coefficient (Wildman–Crippen LogP) is 4.85. The number of nitrogens with zero attached hydrogens (tertiary/aromatic N) is 2. The summed E-state index contributed by atoms with van der Waals surface area (Å²) in [6.07, 6.45) is 0.671. The predicted molar refractivity (Wildman–Crippen MR) is 172 cm³/mol. The van der Waals surface area contributed by atoms with Crippen molar-refractivity contribution in [1.82, 2.24) is 10.6 Å². The molecule has 6 rings (SSSR count). The van der Waals surface area contributed by atoms with Crippen LogP contribution in [-0.2, 0) is 16.1 Å². The lowest BCUT2D eigenvalue weighted by Crippen LogP contribution is -2.59. The van der Waals surface area contributed by atoms with Gasteiger partial charge in [0.2, 0.25) is 5.91 Å². The quantitative estimate of drug-likeness (QED) is 0.276. The highest BCUT2D eigenvalue weighted by Gasteiger charge is 2.39. The maximum atomic E-state index is 14.5. The van der Waals surface area contributed by atoms with E-state index in [4.69, 9.17) is 4.74 Å². The van der Waals surface area contributed by atoms with E-state index in [9.17, 15) is 19.2 Å². The van der Waals surface area contributed by atoms with Crippen molar-refractivity contribution in [2.45, 2.75) is 32.0 Å². The fraction of sp³-hybridized carbons (Fsp3) is 0.235. The standard InChI is InChI=1S/C34H31BrN4O5/c1-20(40)21-7-9-22(10-8-21)33(42)39-19-28(37-32(41)27-15-16-36-27)34(43)38(29-5-3-4-6-30(29)39)18-26-25-13-12-24(35)17-23(25)11-14-31(26)44-2/h3-14,17,27-28,36H,15-16,18-19H2,1-2H3,(H,37,41). The van der Waals surface area contributed by atoms with Gasteiger partial charge in [-0.1, -0.05) is 52.3 Å². The van der Waals surface area contributed by atoms with Gasteiger partial charge in [-0.05, 0) is 73.1 Å². The molecule has 0 aromatic heterocycles. The largest absolute Gasteiger partial charge is 0.496 e. The van der Waals surface area contributed by atoms with Crippen LogP contribution in [-0.4, -0.2) is 55.8 Å². The van der Waals surface area contributed by atoms with E-state index in [1.807, 2.05) is 42.5 Å². The first-order valence-corrected chi connectivity index (χ1v) is 15.2. The van der Waals surface area contributed by atoms with Crippen molar-refractivity contribution in [3.8, 4) is 5.75 Å². The summed E-state index contributed by atoms with van der Waals surface area (Å²) >= 11 is 3.54. The van der Waals surface area contributed by atoms with Gasteiger partial charge >= 0.3 is 0 Å². The monoisotopic (exact) mass is 654 g/mol. The van der Waals surface area contributed by atoms with Gasteiger partial charge in [-0.15, -0.1) is 0 Å². The van der Waals surface area contributed by atoms with Crippen LogP contribution in [0.2, 0.25) is 0 Å². The molecule has 2 unspecified atom stereocenters. The van der Waals surface area contributed by atoms with Crippen LogP contribution < -0.4 is 25.2 Å². The Bertz CT molecular complexity index is 1790. The Labute approximate surface area is 263 Å². The number of ketones is 1. The molecule has 0 saturated carbocycles. The summed E-state index contributed by atoms with van der Waals surface area (Å²) in [5.41, 5.74) is 2.71. The van der Waals surface area contributed by atoms with Gasteiger partial charge in [-0.25, -0.2) is 0 Å². The van der Waals surface area contributed by atoms with E-state index in [1.165, 1.54) is 11.8 Å². The number of hydrogen-bond donors (Lipinski definition) is 2. The highest BCUT2D eigenvalue weighted by atomic mass is 79.9. The fourth-order valence-electron chi connectivity index (χ4n) is 5.69. The molecular formula is C34H31BrN4O5. The molecule has 10 heteroatoms. The number of benzene rings is 4. The van der Waals surface area contributed by atoms with Gasteiger partial charge < -0.3 is 25.2 Å². The van der Waals surface area contributed by atoms with Crippen molar-refractivity contribution in [3.63, 3.8) is 0 Å². The number of halogens is 1. The molecule has 2 aliphatic rings. The van der Waals surface area contributed by atoms with E-state index in [2.05, 4.69) is 26.6 Å². The third kappa shape index (κ3) is 5.58. The van der Waals surface area contributed by atoms with Gasteiger partial charge in [0.1, 0.15) is 11.8 Å². The number of carbonyl (C=O) groups excluding carboxylic acids is 4. The van der Waals surface area contributed by atoms with E-state index >= 15 is 0 Å². The van der Waals surface area contributed by atoms with E-state index in [0.29, 0.717) is 34.7 Å². The Balaban J connectivity index is 1.46. The average molecular weight is 656 g/mol. The maximum absolute atomic E-state index is 14.5. The first-order chi connectivity index (χ1) is 21.2. The first-order valence-electron chi connectivity index (χ1n) is 14.4. The van der Waals surface area contributed by atoms with Gasteiger partial charge in [-0.3, -0.25) is 19.2 Å². The molecule has 0 aliphatic carbocycles. The number of fused-ring (bicyclic) bond motifs is 2. The minimum Gasteiger partial charge on any atom is -0.496 e. The average Bonchev–Trinajstić information content (AvgIpc) is 3.10. The molecule has 0 bridgehead atoms. The van der Waals surface area contributed by atoms with Gasteiger partial charge in [0.15, 0.2) is 5.78 Å². The van der Waals surface area contributed by atoms with Crippen molar-refractivity contribution in [3.05, 3.63) is 100 Å². The van der Waals surface area contributed by atoms with Crippen LogP contribution in [0.5, 0.6) is 5.75 Å². The smallest absolute Gasteiger partial charge is 0.258 e.